The van der Waals surface area contributed by atoms with Crippen molar-refractivity contribution in [3.8, 4) is 5.88 Å². The minimum atomic E-state index is -0.377. The molecule has 1 saturated carbocycles. The van der Waals surface area contributed by atoms with Crippen molar-refractivity contribution in [2.45, 2.75) is 45.6 Å². The number of aromatic amines is 1. The topological polar surface area (TPSA) is 54.1 Å². The van der Waals surface area contributed by atoms with Crippen molar-refractivity contribution in [1.82, 2.24) is 10.3 Å². The zero-order valence-electron chi connectivity index (χ0n) is 12.9. The molecule has 2 N–H and O–H groups in total. The van der Waals surface area contributed by atoms with Crippen LogP contribution in [-0.2, 0) is 0 Å². The highest BCUT2D eigenvalue weighted by atomic mass is 79.9. The van der Waals surface area contributed by atoms with Gasteiger partial charge in [-0.15, -0.1) is 0 Å². The van der Waals surface area contributed by atoms with Crippen LogP contribution in [0.25, 0.3) is 10.9 Å². The standard InChI is InChI=1S/C17H21BrN2O2/c1-10-7-13(18)12-9-16(19-15(12)8-10)22-17(21)20-14-6-4-3-5-11(14)2/h7-9,11,14,19H,3-6H2,1-2H3,(H,20,21)/t11-,14+/m0/s1. The summed E-state index contributed by atoms with van der Waals surface area (Å²) in [5.41, 5.74) is 2.11. The number of nitrogens with one attached hydrogen (secondary N) is 2. The third-order valence-corrected chi connectivity index (χ3v) is 5.08. The first kappa shape index (κ1) is 15.4. The van der Waals surface area contributed by atoms with Crippen molar-refractivity contribution in [2.75, 3.05) is 0 Å². The Hall–Kier alpha value is -1.49. The average Bonchev–Trinajstić information content (AvgIpc) is 2.84. The molecule has 2 aromatic rings. The van der Waals surface area contributed by atoms with Crippen LogP contribution in [0.2, 0.25) is 0 Å². The Morgan fingerprint density at radius 1 is 1.32 bits per heavy atom. The van der Waals surface area contributed by atoms with Crippen LogP contribution in [0.3, 0.4) is 0 Å². The molecule has 2 atom stereocenters. The van der Waals surface area contributed by atoms with Crippen molar-refractivity contribution in [3.05, 3.63) is 28.2 Å². The maximum Gasteiger partial charge on any atom is 0.414 e. The third kappa shape index (κ3) is 3.29. The van der Waals surface area contributed by atoms with Gasteiger partial charge in [0, 0.05) is 27.5 Å². The number of benzene rings is 1. The van der Waals surface area contributed by atoms with Gasteiger partial charge in [0.05, 0.1) is 0 Å². The summed E-state index contributed by atoms with van der Waals surface area (Å²) in [5, 5.41) is 4.01. The molecule has 0 bridgehead atoms. The number of halogens is 1. The van der Waals surface area contributed by atoms with Crippen molar-refractivity contribution < 1.29 is 9.53 Å². The van der Waals surface area contributed by atoms with Crippen LogP contribution in [0.15, 0.2) is 22.7 Å². The minimum absolute atomic E-state index is 0.222. The first-order valence-electron chi connectivity index (χ1n) is 7.80. The minimum Gasteiger partial charge on any atom is -0.393 e. The lowest BCUT2D eigenvalue weighted by Gasteiger charge is -2.28. The van der Waals surface area contributed by atoms with Gasteiger partial charge in [0.2, 0.25) is 5.88 Å². The molecule has 0 spiro atoms. The van der Waals surface area contributed by atoms with Gasteiger partial charge in [-0.05, 0) is 43.4 Å². The Morgan fingerprint density at radius 3 is 2.86 bits per heavy atom. The van der Waals surface area contributed by atoms with Gasteiger partial charge in [0.15, 0.2) is 0 Å². The van der Waals surface area contributed by atoms with Gasteiger partial charge in [-0.1, -0.05) is 35.7 Å². The van der Waals surface area contributed by atoms with Gasteiger partial charge in [-0.2, -0.15) is 0 Å². The molecule has 118 valence electrons. The Morgan fingerprint density at radius 2 is 2.09 bits per heavy atom. The number of H-pyrrole nitrogens is 1. The number of amides is 1. The monoisotopic (exact) mass is 364 g/mol. The molecule has 1 heterocycles. The van der Waals surface area contributed by atoms with Crippen LogP contribution in [0, 0.1) is 12.8 Å². The van der Waals surface area contributed by atoms with E-state index in [0.29, 0.717) is 11.8 Å². The number of hydrogen-bond acceptors (Lipinski definition) is 2. The number of rotatable bonds is 2. The normalized spacial score (nSPS) is 21.8. The molecule has 0 radical (unpaired) electrons. The van der Waals surface area contributed by atoms with Crippen molar-refractivity contribution in [3.63, 3.8) is 0 Å². The second-order valence-electron chi connectivity index (χ2n) is 6.24. The first-order valence-corrected chi connectivity index (χ1v) is 8.59. The Balaban J connectivity index is 1.70. The fourth-order valence-corrected chi connectivity index (χ4v) is 3.86. The molecular formula is C17H21BrN2O2. The summed E-state index contributed by atoms with van der Waals surface area (Å²) in [5.74, 6) is 0.989. The summed E-state index contributed by atoms with van der Waals surface area (Å²) < 4.78 is 6.41. The van der Waals surface area contributed by atoms with Gasteiger partial charge < -0.3 is 15.0 Å². The predicted molar refractivity (Wildman–Crippen MR) is 91.3 cm³/mol. The average molecular weight is 365 g/mol. The van der Waals surface area contributed by atoms with E-state index in [-0.39, 0.29) is 12.1 Å². The molecule has 1 amide bonds. The fourth-order valence-electron chi connectivity index (χ4n) is 3.17. The van der Waals surface area contributed by atoms with E-state index in [1.165, 1.54) is 19.3 Å². The highest BCUT2D eigenvalue weighted by Crippen LogP contribution is 2.29. The SMILES string of the molecule is Cc1cc(Br)c2cc(OC(=O)N[C@@H]3CCCC[C@@H]3C)[nH]c2c1. The number of carbonyl (C=O) groups excluding carboxylic acids is 1. The second kappa shape index (κ2) is 6.32. The van der Waals surface area contributed by atoms with E-state index in [0.717, 1.165) is 27.4 Å². The molecule has 1 aliphatic carbocycles. The van der Waals surface area contributed by atoms with Crippen LogP contribution in [-0.4, -0.2) is 17.1 Å². The number of aryl methyl sites for hydroxylation is 1. The number of carbonyl (C=O) groups is 1. The number of aromatic nitrogens is 1. The molecule has 0 unspecified atom stereocenters. The second-order valence-corrected chi connectivity index (χ2v) is 7.10. The van der Waals surface area contributed by atoms with E-state index in [1.54, 1.807) is 0 Å². The molecule has 1 aliphatic rings. The number of ether oxygens (including phenoxy) is 1. The maximum absolute atomic E-state index is 12.1. The molecule has 0 aliphatic heterocycles. The maximum atomic E-state index is 12.1. The summed E-state index contributed by atoms with van der Waals surface area (Å²) >= 11 is 3.54. The predicted octanol–water partition coefficient (Wildman–Crippen LogP) is 4.91. The molecule has 0 saturated heterocycles. The Bertz CT molecular complexity index is 695. The van der Waals surface area contributed by atoms with Crippen LogP contribution in [0.1, 0.15) is 38.2 Å². The molecule has 1 aromatic carbocycles. The largest absolute Gasteiger partial charge is 0.414 e. The fraction of sp³-hybridized carbons (Fsp3) is 0.471. The van der Waals surface area contributed by atoms with Gasteiger partial charge in [-0.25, -0.2) is 4.79 Å². The van der Waals surface area contributed by atoms with Crippen LogP contribution >= 0.6 is 15.9 Å². The van der Waals surface area contributed by atoms with E-state index in [4.69, 9.17) is 4.74 Å². The quantitative estimate of drug-likeness (QED) is 0.795. The van der Waals surface area contributed by atoms with E-state index < -0.39 is 0 Å². The van der Waals surface area contributed by atoms with Crippen LogP contribution in [0.4, 0.5) is 4.79 Å². The highest BCUT2D eigenvalue weighted by Gasteiger charge is 2.23. The summed E-state index contributed by atoms with van der Waals surface area (Å²) in [7, 11) is 0. The smallest absolute Gasteiger partial charge is 0.393 e. The summed E-state index contributed by atoms with van der Waals surface area (Å²) in [6.07, 6.45) is 4.26. The van der Waals surface area contributed by atoms with E-state index in [9.17, 15) is 4.79 Å². The lowest BCUT2D eigenvalue weighted by molar-refractivity contribution is 0.182. The molecule has 3 rings (SSSR count). The molecular weight excluding hydrogens is 344 g/mol. The zero-order valence-corrected chi connectivity index (χ0v) is 14.5. The van der Waals surface area contributed by atoms with Gasteiger partial charge in [0.25, 0.3) is 0 Å². The molecule has 4 nitrogen and oxygen atoms in total. The van der Waals surface area contributed by atoms with Crippen LogP contribution < -0.4 is 10.1 Å². The van der Waals surface area contributed by atoms with E-state index >= 15 is 0 Å². The van der Waals surface area contributed by atoms with Gasteiger partial charge >= 0.3 is 6.09 Å². The first-order chi connectivity index (χ1) is 10.5. The third-order valence-electron chi connectivity index (χ3n) is 4.42. The summed E-state index contributed by atoms with van der Waals surface area (Å²) in [6.45, 7) is 4.22. The van der Waals surface area contributed by atoms with Crippen molar-refractivity contribution >= 4 is 32.9 Å². The molecule has 22 heavy (non-hydrogen) atoms. The van der Waals surface area contributed by atoms with Gasteiger partial charge in [-0.3, -0.25) is 0 Å². The lowest BCUT2D eigenvalue weighted by Crippen LogP contribution is -2.42. The highest BCUT2D eigenvalue weighted by molar-refractivity contribution is 9.10. The van der Waals surface area contributed by atoms with Gasteiger partial charge in [0.1, 0.15) is 0 Å². The zero-order chi connectivity index (χ0) is 15.7. The molecule has 1 fully saturated rings. The van der Waals surface area contributed by atoms with Crippen molar-refractivity contribution in [1.29, 1.82) is 0 Å². The lowest BCUT2D eigenvalue weighted by atomic mass is 9.86. The number of fused-ring (bicyclic) bond motifs is 1. The summed E-state index contributed by atoms with van der Waals surface area (Å²) in [6, 6.07) is 6.15. The van der Waals surface area contributed by atoms with E-state index in [1.807, 2.05) is 25.1 Å². The number of hydrogen-bond donors (Lipinski definition) is 2. The summed E-state index contributed by atoms with van der Waals surface area (Å²) in [4.78, 5) is 15.2. The van der Waals surface area contributed by atoms with E-state index in [2.05, 4.69) is 33.2 Å². The Labute approximate surface area is 138 Å². The Kier molecular flexibility index (Phi) is 4.43. The van der Waals surface area contributed by atoms with Crippen molar-refractivity contribution in [2.24, 2.45) is 5.92 Å². The van der Waals surface area contributed by atoms with Crippen LogP contribution in [0.5, 0.6) is 5.88 Å². The molecule has 5 heteroatoms. The molecule has 1 aromatic heterocycles.